The van der Waals surface area contributed by atoms with Crippen molar-refractivity contribution in [2.75, 3.05) is 32.8 Å². The Labute approximate surface area is 125 Å². The van der Waals surface area contributed by atoms with Gasteiger partial charge in [-0.2, -0.15) is 0 Å². The van der Waals surface area contributed by atoms with Gasteiger partial charge in [0, 0.05) is 37.8 Å². The summed E-state index contributed by atoms with van der Waals surface area (Å²) < 4.78 is 5.82. The lowest BCUT2D eigenvalue weighted by Gasteiger charge is -2.49. The van der Waals surface area contributed by atoms with E-state index in [1.165, 1.54) is 32.2 Å². The molecule has 0 spiro atoms. The van der Waals surface area contributed by atoms with E-state index in [9.17, 15) is 0 Å². The number of hydrogen-bond donors (Lipinski definition) is 1. The van der Waals surface area contributed by atoms with Crippen LogP contribution in [0.2, 0.25) is 0 Å². The van der Waals surface area contributed by atoms with Crippen molar-refractivity contribution in [1.29, 1.82) is 0 Å². The molecule has 0 aromatic carbocycles. The quantitative estimate of drug-likeness (QED) is 0.693. The molecular formula is C17H34N2O. The molecule has 2 atom stereocenters. The van der Waals surface area contributed by atoms with Gasteiger partial charge in [-0.25, -0.2) is 0 Å². The van der Waals surface area contributed by atoms with Gasteiger partial charge in [-0.15, -0.1) is 0 Å². The molecule has 2 fully saturated rings. The van der Waals surface area contributed by atoms with Crippen molar-refractivity contribution in [3.05, 3.63) is 0 Å². The van der Waals surface area contributed by atoms with Crippen molar-refractivity contribution in [3.63, 3.8) is 0 Å². The van der Waals surface area contributed by atoms with Crippen LogP contribution in [0.3, 0.4) is 0 Å². The lowest BCUT2D eigenvalue weighted by molar-refractivity contribution is 0.00202. The van der Waals surface area contributed by atoms with Gasteiger partial charge < -0.3 is 10.1 Å². The van der Waals surface area contributed by atoms with Crippen LogP contribution < -0.4 is 5.32 Å². The molecule has 2 aliphatic rings. The summed E-state index contributed by atoms with van der Waals surface area (Å²) in [6.07, 6.45) is 5.40. The average molecular weight is 282 g/mol. The number of hydrogen-bond acceptors (Lipinski definition) is 3. The zero-order chi connectivity index (χ0) is 14.6. The van der Waals surface area contributed by atoms with Crippen molar-refractivity contribution in [2.24, 2.45) is 11.8 Å². The second kappa shape index (κ2) is 7.24. The molecule has 0 aromatic rings. The first kappa shape index (κ1) is 16.3. The van der Waals surface area contributed by atoms with Gasteiger partial charge in [0.1, 0.15) is 0 Å². The maximum absolute atomic E-state index is 5.82. The Morgan fingerprint density at radius 1 is 1.35 bits per heavy atom. The lowest BCUT2D eigenvalue weighted by Crippen LogP contribution is -2.64. The van der Waals surface area contributed by atoms with Gasteiger partial charge >= 0.3 is 0 Å². The first-order valence-electron chi connectivity index (χ1n) is 8.62. The molecule has 118 valence electrons. The predicted octanol–water partition coefficient (Wildman–Crippen LogP) is 2.90. The van der Waals surface area contributed by atoms with Gasteiger partial charge in [0.2, 0.25) is 0 Å². The summed E-state index contributed by atoms with van der Waals surface area (Å²) in [5.74, 6) is 1.54. The highest BCUT2D eigenvalue weighted by Gasteiger charge is 2.47. The minimum absolute atomic E-state index is 0.367. The van der Waals surface area contributed by atoms with E-state index < -0.39 is 0 Å². The van der Waals surface area contributed by atoms with Crippen molar-refractivity contribution < 1.29 is 4.74 Å². The maximum Gasteiger partial charge on any atom is 0.0593 e. The fraction of sp³-hybridized carbons (Fsp3) is 1.00. The van der Waals surface area contributed by atoms with Gasteiger partial charge in [-0.05, 0) is 38.0 Å². The number of nitrogens with one attached hydrogen (secondary N) is 1. The van der Waals surface area contributed by atoms with Gasteiger partial charge in [0.15, 0.2) is 0 Å². The van der Waals surface area contributed by atoms with Crippen molar-refractivity contribution in [1.82, 2.24) is 10.2 Å². The fourth-order valence-corrected chi connectivity index (χ4v) is 3.49. The third-order valence-corrected chi connectivity index (χ3v) is 4.96. The van der Waals surface area contributed by atoms with Gasteiger partial charge in [-0.3, -0.25) is 4.90 Å². The third-order valence-electron chi connectivity index (χ3n) is 4.96. The standard InChI is InChI=1S/C17H34N2O/c1-5-6-16-11-19(9-10-20-12-14(2)3)17(4,13-18-16)15-7-8-15/h14-16,18H,5-13H2,1-4H3. The van der Waals surface area contributed by atoms with Crippen LogP contribution in [0.25, 0.3) is 0 Å². The molecule has 20 heavy (non-hydrogen) atoms. The summed E-state index contributed by atoms with van der Waals surface area (Å²) >= 11 is 0. The highest BCUT2D eigenvalue weighted by Crippen LogP contribution is 2.44. The minimum Gasteiger partial charge on any atom is -0.380 e. The van der Waals surface area contributed by atoms with Crippen LogP contribution in [-0.4, -0.2) is 49.3 Å². The molecule has 3 heteroatoms. The topological polar surface area (TPSA) is 24.5 Å². The number of rotatable bonds is 8. The zero-order valence-electron chi connectivity index (χ0n) is 14.0. The van der Waals surface area contributed by atoms with Crippen LogP contribution in [0.5, 0.6) is 0 Å². The third kappa shape index (κ3) is 4.19. The normalized spacial score (nSPS) is 31.9. The molecule has 1 aliphatic carbocycles. The van der Waals surface area contributed by atoms with E-state index in [2.05, 4.69) is 37.9 Å². The largest absolute Gasteiger partial charge is 0.380 e. The monoisotopic (exact) mass is 282 g/mol. The summed E-state index contributed by atoms with van der Waals surface area (Å²) in [5, 5.41) is 3.79. The Bertz CT molecular complexity index is 291. The number of nitrogens with zero attached hydrogens (tertiary/aromatic N) is 1. The van der Waals surface area contributed by atoms with E-state index in [4.69, 9.17) is 4.74 Å². The van der Waals surface area contributed by atoms with Crippen LogP contribution in [-0.2, 0) is 4.74 Å². The van der Waals surface area contributed by atoms with E-state index in [1.54, 1.807) is 0 Å². The molecule has 1 saturated heterocycles. The molecular weight excluding hydrogens is 248 g/mol. The Kier molecular flexibility index (Phi) is 5.88. The molecule has 2 rings (SSSR count). The molecule has 1 aliphatic heterocycles. The van der Waals surface area contributed by atoms with Crippen LogP contribution in [0, 0.1) is 11.8 Å². The summed E-state index contributed by atoms with van der Waals surface area (Å²) in [6.45, 7) is 14.4. The van der Waals surface area contributed by atoms with E-state index >= 15 is 0 Å². The second-order valence-corrected chi connectivity index (χ2v) is 7.41. The highest BCUT2D eigenvalue weighted by molar-refractivity contribution is 5.04. The van der Waals surface area contributed by atoms with Crippen molar-refractivity contribution in [2.45, 2.75) is 65.0 Å². The van der Waals surface area contributed by atoms with Crippen LogP contribution >= 0.6 is 0 Å². The van der Waals surface area contributed by atoms with Gasteiger partial charge in [-0.1, -0.05) is 27.2 Å². The Morgan fingerprint density at radius 3 is 2.70 bits per heavy atom. The first-order valence-corrected chi connectivity index (χ1v) is 8.62. The Hall–Kier alpha value is -0.120. The molecule has 0 radical (unpaired) electrons. The molecule has 0 aromatic heterocycles. The Balaban J connectivity index is 1.85. The van der Waals surface area contributed by atoms with E-state index in [0.717, 1.165) is 32.2 Å². The van der Waals surface area contributed by atoms with Crippen LogP contribution in [0.1, 0.15) is 53.4 Å². The van der Waals surface area contributed by atoms with Crippen molar-refractivity contribution in [3.8, 4) is 0 Å². The summed E-state index contributed by atoms with van der Waals surface area (Å²) in [7, 11) is 0. The average Bonchev–Trinajstić information content (AvgIpc) is 3.23. The Morgan fingerprint density at radius 2 is 2.10 bits per heavy atom. The van der Waals surface area contributed by atoms with E-state index in [-0.39, 0.29) is 0 Å². The maximum atomic E-state index is 5.82. The second-order valence-electron chi connectivity index (χ2n) is 7.41. The van der Waals surface area contributed by atoms with E-state index in [1.807, 2.05) is 0 Å². The summed E-state index contributed by atoms with van der Waals surface area (Å²) in [5.41, 5.74) is 0.367. The molecule has 0 bridgehead atoms. The SMILES string of the molecule is CCCC1CN(CCOCC(C)C)C(C)(C2CC2)CN1. The van der Waals surface area contributed by atoms with Crippen LogP contribution in [0.4, 0.5) is 0 Å². The molecule has 1 heterocycles. The number of ether oxygens (including phenoxy) is 1. The first-order chi connectivity index (χ1) is 9.56. The van der Waals surface area contributed by atoms with E-state index in [0.29, 0.717) is 17.5 Å². The molecule has 0 amide bonds. The lowest BCUT2D eigenvalue weighted by atomic mass is 9.89. The zero-order valence-corrected chi connectivity index (χ0v) is 14.0. The predicted molar refractivity (Wildman–Crippen MR) is 85.1 cm³/mol. The smallest absolute Gasteiger partial charge is 0.0593 e. The van der Waals surface area contributed by atoms with Gasteiger partial charge in [0.05, 0.1) is 6.61 Å². The minimum atomic E-state index is 0.367. The summed E-state index contributed by atoms with van der Waals surface area (Å²) in [6, 6.07) is 0.678. The molecule has 1 saturated carbocycles. The molecule has 2 unspecified atom stereocenters. The highest BCUT2D eigenvalue weighted by atomic mass is 16.5. The van der Waals surface area contributed by atoms with Gasteiger partial charge in [0.25, 0.3) is 0 Å². The molecule has 3 nitrogen and oxygen atoms in total. The van der Waals surface area contributed by atoms with Crippen molar-refractivity contribution >= 4 is 0 Å². The van der Waals surface area contributed by atoms with Crippen LogP contribution in [0.15, 0.2) is 0 Å². The molecule has 1 N–H and O–H groups in total. The number of piperazine rings is 1. The summed E-state index contributed by atoms with van der Waals surface area (Å²) in [4.78, 5) is 2.72. The fourth-order valence-electron chi connectivity index (χ4n) is 3.49.